The maximum absolute atomic E-state index is 5.48. The molecule has 3 N–H and O–H groups in total. The SMILES string of the molecule is C[CH](C)[Mg][Cl].N. The van der Waals surface area contributed by atoms with E-state index in [1.165, 1.54) is 0 Å². The summed E-state index contributed by atoms with van der Waals surface area (Å²) < 4.78 is 0.789. The van der Waals surface area contributed by atoms with Gasteiger partial charge in [0.25, 0.3) is 0 Å². The molecule has 0 spiro atoms. The highest BCUT2D eigenvalue weighted by atomic mass is 35.5. The van der Waals surface area contributed by atoms with E-state index in [1.54, 1.807) is 0 Å². The highest BCUT2D eigenvalue weighted by molar-refractivity contribution is 6.94. The van der Waals surface area contributed by atoms with Crippen LogP contribution in [0.25, 0.3) is 0 Å². The molecule has 0 bridgehead atoms. The topological polar surface area (TPSA) is 35.0 Å². The van der Waals surface area contributed by atoms with Crippen molar-refractivity contribution in [2.45, 2.75) is 17.9 Å². The van der Waals surface area contributed by atoms with Crippen molar-refractivity contribution in [3.05, 3.63) is 0 Å². The lowest BCUT2D eigenvalue weighted by Crippen LogP contribution is -1.80. The Morgan fingerprint density at radius 1 is 1.50 bits per heavy atom. The minimum Gasteiger partial charge on any atom is -0.346 e. The molecule has 36 valence electrons. The number of rotatable bonds is 1. The summed E-state index contributed by atoms with van der Waals surface area (Å²) in [7, 11) is 5.48. The molecule has 0 aromatic heterocycles. The molecule has 0 unspecified atom stereocenters. The van der Waals surface area contributed by atoms with E-state index in [4.69, 9.17) is 9.07 Å². The molecule has 0 saturated carbocycles. The number of halogens is 1. The Bertz CT molecular complexity index is 24.8. The molecule has 0 heterocycles. The second-order valence-corrected chi connectivity index (χ2v) is 4.42. The Labute approximate surface area is 52.5 Å². The van der Waals surface area contributed by atoms with Crippen LogP contribution in [-0.4, -0.2) is 19.3 Å². The van der Waals surface area contributed by atoms with E-state index in [9.17, 15) is 0 Å². The van der Waals surface area contributed by atoms with Gasteiger partial charge in [-0.1, -0.05) is 13.8 Å². The van der Waals surface area contributed by atoms with Gasteiger partial charge < -0.3 is 15.2 Å². The van der Waals surface area contributed by atoms with Gasteiger partial charge in [-0.15, -0.1) is 4.05 Å². The van der Waals surface area contributed by atoms with Gasteiger partial charge in [0.1, 0.15) is 0 Å². The molecular formula is C3H10ClMgN. The van der Waals surface area contributed by atoms with Crippen molar-refractivity contribution in [1.29, 1.82) is 0 Å². The summed E-state index contributed by atoms with van der Waals surface area (Å²) in [5.74, 6) is 0. The summed E-state index contributed by atoms with van der Waals surface area (Å²) in [6, 6.07) is 0. The Kier molecular flexibility index (Phi) is 10.1. The lowest BCUT2D eigenvalue weighted by molar-refractivity contribution is 1.07. The smallest absolute Gasteiger partial charge is 0.346 e. The van der Waals surface area contributed by atoms with Crippen molar-refractivity contribution in [3.8, 4) is 0 Å². The van der Waals surface area contributed by atoms with Crippen LogP contribution in [0.1, 0.15) is 13.8 Å². The van der Waals surface area contributed by atoms with Gasteiger partial charge in [-0.3, -0.25) is 0 Å². The van der Waals surface area contributed by atoms with E-state index in [0.717, 1.165) is 4.05 Å². The average Bonchev–Trinajstić information content (AvgIpc) is 1.38. The third kappa shape index (κ3) is 8.89. The van der Waals surface area contributed by atoms with Crippen LogP contribution >= 0.6 is 9.07 Å². The first kappa shape index (κ1) is 10.1. The fourth-order valence-electron chi connectivity index (χ4n) is 0. The predicted molar refractivity (Wildman–Crippen MR) is 31.7 cm³/mol. The highest BCUT2D eigenvalue weighted by Gasteiger charge is 1.92. The van der Waals surface area contributed by atoms with Gasteiger partial charge in [0.15, 0.2) is 0 Å². The average molecular weight is 120 g/mol. The molecule has 0 aliphatic rings. The van der Waals surface area contributed by atoms with Crippen molar-refractivity contribution in [2.75, 3.05) is 0 Å². The third-order valence-corrected chi connectivity index (χ3v) is 2.78. The fraction of sp³-hybridized carbons (Fsp3) is 1.00. The fourth-order valence-corrected chi connectivity index (χ4v) is 0. The zero-order valence-corrected chi connectivity index (χ0v) is 6.54. The summed E-state index contributed by atoms with van der Waals surface area (Å²) in [4.78, 5) is 0. The van der Waals surface area contributed by atoms with Crippen LogP contribution in [0.15, 0.2) is 0 Å². The molecular weight excluding hydrogens is 110 g/mol. The van der Waals surface area contributed by atoms with Gasteiger partial charge in [-0.2, -0.15) is 0 Å². The van der Waals surface area contributed by atoms with Gasteiger partial charge in [0.2, 0.25) is 0 Å². The summed E-state index contributed by atoms with van der Waals surface area (Å²) >= 11 is -0.179. The molecule has 3 heteroatoms. The molecule has 0 saturated heterocycles. The normalized spacial score (nSPS) is 6.67. The molecule has 6 heavy (non-hydrogen) atoms. The van der Waals surface area contributed by atoms with E-state index in [1.807, 2.05) is 0 Å². The first-order valence-corrected chi connectivity index (χ1v) is 4.78. The monoisotopic (exact) mass is 119 g/mol. The minimum absolute atomic E-state index is 0. The van der Waals surface area contributed by atoms with E-state index < -0.39 is 0 Å². The standard InChI is InChI=1S/C3H7.ClH.Mg.H3N/c1-3-2;;;/h3H,1-2H3;1H;;1H3/q;;+1;/p-1. The second-order valence-electron chi connectivity index (χ2n) is 1.55. The first-order chi connectivity index (χ1) is 2.27. The van der Waals surface area contributed by atoms with Crippen LogP contribution in [0.3, 0.4) is 0 Å². The lowest BCUT2D eigenvalue weighted by Gasteiger charge is -1.85. The molecule has 0 aromatic carbocycles. The largest absolute Gasteiger partial charge is 0.503 e. The third-order valence-electron chi connectivity index (χ3n) is 0.309. The molecule has 0 atom stereocenters. The van der Waals surface area contributed by atoms with Gasteiger partial charge in [0, 0.05) is 0 Å². The molecule has 1 nitrogen and oxygen atoms in total. The predicted octanol–water partition coefficient (Wildman–Crippen LogP) is 1.83. The van der Waals surface area contributed by atoms with Crippen LogP contribution in [0.5, 0.6) is 0 Å². The number of hydrogen-bond acceptors (Lipinski definition) is 1. The van der Waals surface area contributed by atoms with Crippen molar-refractivity contribution in [3.63, 3.8) is 0 Å². The summed E-state index contributed by atoms with van der Waals surface area (Å²) in [5.41, 5.74) is 0. The van der Waals surface area contributed by atoms with Gasteiger partial charge in [-0.25, -0.2) is 0 Å². The molecule has 0 aliphatic heterocycles. The highest BCUT2D eigenvalue weighted by Crippen LogP contribution is 1.96. The second kappa shape index (κ2) is 6.02. The lowest BCUT2D eigenvalue weighted by atomic mass is 10.6. The summed E-state index contributed by atoms with van der Waals surface area (Å²) in [6.45, 7) is 4.30. The van der Waals surface area contributed by atoms with Crippen molar-refractivity contribution in [2.24, 2.45) is 0 Å². The number of hydrogen-bond donors (Lipinski definition) is 1. The minimum atomic E-state index is -0.179. The Hall–Kier alpha value is 1.02. The quantitative estimate of drug-likeness (QED) is 0.526. The van der Waals surface area contributed by atoms with E-state index in [2.05, 4.69) is 13.8 Å². The van der Waals surface area contributed by atoms with Crippen LogP contribution in [-0.2, 0) is 0 Å². The summed E-state index contributed by atoms with van der Waals surface area (Å²) in [6.07, 6.45) is 0. The van der Waals surface area contributed by atoms with Gasteiger partial charge in [-0.05, 0) is 0 Å². The van der Waals surface area contributed by atoms with Crippen LogP contribution in [0.4, 0.5) is 0 Å². The van der Waals surface area contributed by atoms with Crippen molar-refractivity contribution in [1.82, 2.24) is 6.15 Å². The molecule has 0 aromatic rings. The Morgan fingerprint density at radius 3 is 1.67 bits per heavy atom. The van der Waals surface area contributed by atoms with Crippen molar-refractivity contribution >= 4 is 28.3 Å². The first-order valence-electron chi connectivity index (χ1n) is 1.83. The van der Waals surface area contributed by atoms with E-state index in [0.29, 0.717) is 0 Å². The van der Waals surface area contributed by atoms with Crippen LogP contribution in [0.2, 0.25) is 4.05 Å². The summed E-state index contributed by atoms with van der Waals surface area (Å²) in [5, 5.41) is 0. The molecule has 0 rings (SSSR count). The van der Waals surface area contributed by atoms with Gasteiger partial charge >= 0.3 is 19.3 Å². The molecule has 0 amide bonds. The van der Waals surface area contributed by atoms with Gasteiger partial charge in [0.05, 0.1) is 0 Å². The Morgan fingerprint density at radius 2 is 1.67 bits per heavy atom. The maximum atomic E-state index is 5.48. The van der Waals surface area contributed by atoms with Crippen LogP contribution in [0, 0.1) is 0 Å². The van der Waals surface area contributed by atoms with Crippen molar-refractivity contribution < 1.29 is 0 Å². The zero-order chi connectivity index (χ0) is 4.28. The Balaban J connectivity index is 0. The zero-order valence-electron chi connectivity index (χ0n) is 4.37. The molecule has 0 radical (unpaired) electrons. The van der Waals surface area contributed by atoms with Crippen LogP contribution < -0.4 is 6.15 Å². The van der Waals surface area contributed by atoms with E-state index in [-0.39, 0.29) is 25.4 Å². The maximum Gasteiger partial charge on any atom is 0.503 e. The molecule has 0 fully saturated rings. The van der Waals surface area contributed by atoms with E-state index >= 15 is 0 Å². The molecule has 0 aliphatic carbocycles.